The van der Waals surface area contributed by atoms with Crippen molar-refractivity contribution >= 4 is 5.97 Å². The van der Waals surface area contributed by atoms with Gasteiger partial charge in [0.25, 0.3) is 0 Å². The standard InChI is InChI=1S/C20H22O2/c1-14(19(21)22)13-15-5-7-16(8-6-15)17-9-11-18(12-10-17)20(2,3)4/h5-12H,1,13H2,2-4H3,(H,21,22). The van der Waals surface area contributed by atoms with Crippen LogP contribution in [0.15, 0.2) is 60.7 Å². The Morgan fingerprint density at radius 1 is 0.955 bits per heavy atom. The van der Waals surface area contributed by atoms with Gasteiger partial charge in [0.2, 0.25) is 0 Å². The van der Waals surface area contributed by atoms with Crippen molar-refractivity contribution in [1.82, 2.24) is 0 Å². The van der Waals surface area contributed by atoms with Crippen LogP contribution >= 0.6 is 0 Å². The van der Waals surface area contributed by atoms with Crippen molar-refractivity contribution in [3.63, 3.8) is 0 Å². The summed E-state index contributed by atoms with van der Waals surface area (Å²) in [4.78, 5) is 10.8. The highest BCUT2D eigenvalue weighted by molar-refractivity contribution is 5.86. The van der Waals surface area contributed by atoms with E-state index in [2.05, 4.69) is 51.6 Å². The molecule has 22 heavy (non-hydrogen) atoms. The van der Waals surface area contributed by atoms with Gasteiger partial charge in [0.15, 0.2) is 0 Å². The molecule has 0 fully saturated rings. The minimum Gasteiger partial charge on any atom is -0.478 e. The molecule has 0 heterocycles. The van der Waals surface area contributed by atoms with Crippen molar-refractivity contribution in [3.8, 4) is 11.1 Å². The van der Waals surface area contributed by atoms with Gasteiger partial charge >= 0.3 is 5.97 Å². The average molecular weight is 294 g/mol. The van der Waals surface area contributed by atoms with Crippen LogP contribution in [0.3, 0.4) is 0 Å². The highest BCUT2D eigenvalue weighted by Crippen LogP contribution is 2.26. The third kappa shape index (κ3) is 3.85. The van der Waals surface area contributed by atoms with E-state index in [0.717, 1.165) is 16.7 Å². The molecule has 2 rings (SSSR count). The van der Waals surface area contributed by atoms with E-state index in [1.165, 1.54) is 5.56 Å². The van der Waals surface area contributed by atoms with Crippen molar-refractivity contribution in [2.24, 2.45) is 0 Å². The first-order chi connectivity index (χ1) is 10.3. The predicted octanol–water partition coefficient (Wildman–Crippen LogP) is 4.83. The quantitative estimate of drug-likeness (QED) is 0.820. The van der Waals surface area contributed by atoms with Gasteiger partial charge in [0, 0.05) is 12.0 Å². The molecular formula is C20H22O2. The zero-order valence-corrected chi connectivity index (χ0v) is 13.4. The van der Waals surface area contributed by atoms with Crippen molar-refractivity contribution in [1.29, 1.82) is 0 Å². The lowest BCUT2D eigenvalue weighted by Crippen LogP contribution is -2.10. The van der Waals surface area contributed by atoms with Crippen LogP contribution in [-0.4, -0.2) is 11.1 Å². The van der Waals surface area contributed by atoms with Gasteiger partial charge in [-0.2, -0.15) is 0 Å². The second-order valence-corrected chi connectivity index (χ2v) is 6.61. The van der Waals surface area contributed by atoms with E-state index in [-0.39, 0.29) is 11.0 Å². The summed E-state index contributed by atoms with van der Waals surface area (Å²) in [7, 11) is 0. The van der Waals surface area contributed by atoms with Gasteiger partial charge in [-0.3, -0.25) is 0 Å². The number of hydrogen-bond donors (Lipinski definition) is 1. The first-order valence-corrected chi connectivity index (χ1v) is 7.38. The zero-order valence-electron chi connectivity index (χ0n) is 13.4. The van der Waals surface area contributed by atoms with E-state index < -0.39 is 5.97 Å². The summed E-state index contributed by atoms with van der Waals surface area (Å²) in [5, 5.41) is 8.87. The van der Waals surface area contributed by atoms with E-state index in [1.54, 1.807) is 0 Å². The molecule has 0 unspecified atom stereocenters. The molecule has 0 aliphatic carbocycles. The van der Waals surface area contributed by atoms with E-state index >= 15 is 0 Å². The van der Waals surface area contributed by atoms with Gasteiger partial charge in [0.05, 0.1) is 0 Å². The third-order valence-electron chi connectivity index (χ3n) is 3.76. The summed E-state index contributed by atoms with van der Waals surface area (Å²) in [5.41, 5.74) is 4.93. The maximum atomic E-state index is 10.8. The first-order valence-electron chi connectivity index (χ1n) is 7.38. The fraction of sp³-hybridized carbons (Fsp3) is 0.250. The van der Waals surface area contributed by atoms with Crippen LogP contribution in [0.25, 0.3) is 11.1 Å². The second kappa shape index (κ2) is 6.18. The number of aliphatic carboxylic acids is 1. The predicted molar refractivity (Wildman–Crippen MR) is 91.1 cm³/mol. The van der Waals surface area contributed by atoms with Crippen molar-refractivity contribution in [2.75, 3.05) is 0 Å². The summed E-state index contributed by atoms with van der Waals surface area (Å²) >= 11 is 0. The Hall–Kier alpha value is -2.35. The number of carbonyl (C=O) groups is 1. The molecular weight excluding hydrogens is 272 g/mol. The maximum Gasteiger partial charge on any atom is 0.331 e. The summed E-state index contributed by atoms with van der Waals surface area (Å²) in [6.07, 6.45) is 0.374. The molecule has 0 aliphatic rings. The molecule has 2 aromatic carbocycles. The van der Waals surface area contributed by atoms with E-state index in [4.69, 9.17) is 5.11 Å². The normalized spacial score (nSPS) is 11.2. The van der Waals surface area contributed by atoms with E-state index in [1.807, 2.05) is 24.3 Å². The van der Waals surface area contributed by atoms with Gasteiger partial charge in [-0.15, -0.1) is 0 Å². The molecule has 0 atom stereocenters. The summed E-state index contributed by atoms with van der Waals surface area (Å²) in [6, 6.07) is 16.6. The van der Waals surface area contributed by atoms with Crippen molar-refractivity contribution in [3.05, 3.63) is 71.8 Å². The van der Waals surface area contributed by atoms with Crippen LogP contribution < -0.4 is 0 Å². The summed E-state index contributed by atoms with van der Waals surface area (Å²) < 4.78 is 0. The Bertz CT molecular complexity index is 671. The molecule has 0 bridgehead atoms. The van der Waals surface area contributed by atoms with Gasteiger partial charge in [0.1, 0.15) is 0 Å². The second-order valence-electron chi connectivity index (χ2n) is 6.61. The summed E-state index contributed by atoms with van der Waals surface area (Å²) in [5.74, 6) is -0.943. The number of rotatable bonds is 4. The highest BCUT2D eigenvalue weighted by Gasteiger charge is 2.13. The minimum absolute atomic E-state index is 0.152. The van der Waals surface area contributed by atoms with Gasteiger partial charge in [-0.25, -0.2) is 4.79 Å². The third-order valence-corrected chi connectivity index (χ3v) is 3.76. The molecule has 0 aliphatic heterocycles. The molecule has 1 N–H and O–H groups in total. The lowest BCUT2D eigenvalue weighted by molar-refractivity contribution is -0.132. The van der Waals surface area contributed by atoms with E-state index in [0.29, 0.717) is 6.42 Å². The highest BCUT2D eigenvalue weighted by atomic mass is 16.4. The molecule has 0 radical (unpaired) electrons. The molecule has 0 saturated heterocycles. The Balaban J connectivity index is 2.17. The molecule has 2 nitrogen and oxygen atoms in total. The molecule has 2 aromatic rings. The van der Waals surface area contributed by atoms with Crippen LogP contribution in [-0.2, 0) is 16.6 Å². The van der Waals surface area contributed by atoms with Crippen LogP contribution in [0, 0.1) is 0 Å². The van der Waals surface area contributed by atoms with Gasteiger partial charge < -0.3 is 5.11 Å². The topological polar surface area (TPSA) is 37.3 Å². The number of hydrogen-bond acceptors (Lipinski definition) is 1. The van der Waals surface area contributed by atoms with Gasteiger partial charge in [-0.1, -0.05) is 75.9 Å². The smallest absolute Gasteiger partial charge is 0.331 e. The van der Waals surface area contributed by atoms with Crippen LogP contribution in [0.4, 0.5) is 0 Å². The Morgan fingerprint density at radius 2 is 1.41 bits per heavy atom. The Morgan fingerprint density at radius 3 is 1.82 bits per heavy atom. The monoisotopic (exact) mass is 294 g/mol. The van der Waals surface area contributed by atoms with E-state index in [9.17, 15) is 4.79 Å². The fourth-order valence-corrected chi connectivity index (χ4v) is 2.30. The zero-order chi connectivity index (χ0) is 16.3. The van der Waals surface area contributed by atoms with Crippen molar-refractivity contribution < 1.29 is 9.90 Å². The van der Waals surface area contributed by atoms with Crippen LogP contribution in [0.2, 0.25) is 0 Å². The maximum absolute atomic E-state index is 10.8. The first kappa shape index (κ1) is 16.0. The SMILES string of the molecule is C=C(Cc1ccc(-c2ccc(C(C)(C)C)cc2)cc1)C(=O)O. The molecule has 0 spiro atoms. The Kier molecular flexibility index (Phi) is 4.51. The fourth-order valence-electron chi connectivity index (χ4n) is 2.30. The average Bonchev–Trinajstić information content (AvgIpc) is 2.47. The van der Waals surface area contributed by atoms with Crippen molar-refractivity contribution in [2.45, 2.75) is 32.6 Å². The van der Waals surface area contributed by atoms with Crippen LogP contribution in [0.5, 0.6) is 0 Å². The summed E-state index contributed by atoms with van der Waals surface area (Å²) in [6.45, 7) is 10.2. The van der Waals surface area contributed by atoms with Gasteiger partial charge in [-0.05, 0) is 27.7 Å². The lowest BCUT2D eigenvalue weighted by atomic mass is 9.86. The molecule has 0 amide bonds. The number of carboxylic acid groups (broad SMARTS) is 1. The largest absolute Gasteiger partial charge is 0.478 e. The lowest BCUT2D eigenvalue weighted by Gasteiger charge is -2.19. The number of benzene rings is 2. The Labute approximate surface area is 132 Å². The molecule has 2 heteroatoms. The molecule has 114 valence electrons. The van der Waals surface area contributed by atoms with Crippen LogP contribution in [0.1, 0.15) is 31.9 Å². The minimum atomic E-state index is -0.943. The number of carboxylic acids is 1. The molecule has 0 saturated carbocycles. The molecule has 0 aromatic heterocycles.